The average Bonchev–Trinajstić information content (AvgIpc) is 2.88. The molecule has 5 rings (SSSR count). The van der Waals surface area contributed by atoms with Crippen LogP contribution in [0.15, 0.2) is 54.7 Å². The van der Waals surface area contributed by atoms with Gasteiger partial charge in [-0.1, -0.05) is 18.2 Å². The van der Waals surface area contributed by atoms with Gasteiger partial charge < -0.3 is 20.1 Å². The van der Waals surface area contributed by atoms with Crippen molar-refractivity contribution in [3.05, 3.63) is 65.9 Å². The Morgan fingerprint density at radius 2 is 2.00 bits per heavy atom. The number of nitrogens with zero attached hydrogens (tertiary/aromatic N) is 3. The molecule has 0 atom stereocenters. The second-order valence-electron chi connectivity index (χ2n) is 8.88. The van der Waals surface area contributed by atoms with Gasteiger partial charge in [-0.05, 0) is 42.7 Å². The van der Waals surface area contributed by atoms with Crippen LogP contribution >= 0.6 is 0 Å². The van der Waals surface area contributed by atoms with E-state index in [-0.39, 0.29) is 0 Å². The number of benzene rings is 2. The lowest BCUT2D eigenvalue weighted by atomic mass is 9.97. The smallest absolute Gasteiger partial charge is 0.229 e. The zero-order chi connectivity index (χ0) is 26.2. The van der Waals surface area contributed by atoms with Crippen LogP contribution in [-0.2, 0) is 23.0 Å². The number of methoxy groups -OCH3 is 1. The molecule has 4 aromatic rings. The van der Waals surface area contributed by atoms with Gasteiger partial charge in [0.25, 0.3) is 0 Å². The van der Waals surface area contributed by atoms with Crippen LogP contribution in [0.25, 0.3) is 22.2 Å². The molecule has 1 aliphatic heterocycles. The summed E-state index contributed by atoms with van der Waals surface area (Å²) in [6.45, 7) is 3.61. The van der Waals surface area contributed by atoms with Gasteiger partial charge in [0.05, 0.1) is 42.4 Å². The van der Waals surface area contributed by atoms with Crippen LogP contribution in [0.3, 0.4) is 0 Å². The van der Waals surface area contributed by atoms with Gasteiger partial charge in [0.2, 0.25) is 10.0 Å². The minimum Gasteiger partial charge on any atom is -0.493 e. The van der Waals surface area contributed by atoms with Gasteiger partial charge in [-0.3, -0.25) is 9.71 Å². The second kappa shape index (κ2) is 9.78. The van der Waals surface area contributed by atoms with E-state index in [2.05, 4.69) is 14.6 Å². The number of nitrogens with two attached hydrogens (primary N) is 1. The SMILES string of the molecule is CCOc1c(OC)cc2nc(N3CCc4c(cccc4NS(C)(=O)=O)C3)cc(N)c2c1-c1ccccn1. The van der Waals surface area contributed by atoms with E-state index in [4.69, 9.17) is 20.2 Å². The summed E-state index contributed by atoms with van der Waals surface area (Å²) in [5, 5.41) is 0.753. The number of aromatic nitrogens is 2. The zero-order valence-electron chi connectivity index (χ0n) is 21.0. The van der Waals surface area contributed by atoms with Gasteiger partial charge in [0.15, 0.2) is 11.5 Å². The molecule has 9 nitrogen and oxygen atoms in total. The maximum absolute atomic E-state index is 11.8. The lowest BCUT2D eigenvalue weighted by Gasteiger charge is -2.31. The third-order valence-corrected chi connectivity index (χ3v) is 6.94. The maximum atomic E-state index is 11.8. The first-order chi connectivity index (χ1) is 17.8. The van der Waals surface area contributed by atoms with Crippen LogP contribution in [0, 0.1) is 0 Å². The number of hydrogen-bond acceptors (Lipinski definition) is 8. The standard InChI is InChI=1S/C27H29N5O4S/c1-4-36-27-23(35-2)15-22-25(26(27)21-9-5-6-12-29-21)19(28)14-24(30-22)32-13-11-18-17(16-32)8-7-10-20(18)31-37(3,33)34/h5-10,12,14-15,31H,4,11,13,16H2,1-3H3,(H2,28,30). The Bertz CT molecular complexity index is 1580. The van der Waals surface area contributed by atoms with Crippen molar-refractivity contribution in [2.75, 3.05) is 41.9 Å². The maximum Gasteiger partial charge on any atom is 0.229 e. The van der Waals surface area contributed by atoms with Crippen molar-refractivity contribution >= 4 is 38.1 Å². The minimum atomic E-state index is -3.37. The van der Waals surface area contributed by atoms with E-state index in [0.717, 1.165) is 34.2 Å². The third-order valence-electron chi connectivity index (χ3n) is 6.35. The average molecular weight is 520 g/mol. The monoisotopic (exact) mass is 519 g/mol. The molecule has 2 aromatic heterocycles. The molecule has 3 N–H and O–H groups in total. The van der Waals surface area contributed by atoms with Crippen molar-refractivity contribution in [2.24, 2.45) is 0 Å². The van der Waals surface area contributed by atoms with Crippen LogP contribution in [0.4, 0.5) is 17.2 Å². The Labute approximate surface area is 216 Å². The summed E-state index contributed by atoms with van der Waals surface area (Å²) in [7, 11) is -1.77. The highest BCUT2D eigenvalue weighted by Gasteiger charge is 2.25. The van der Waals surface area contributed by atoms with Crippen LogP contribution in [-0.4, -0.2) is 44.9 Å². The van der Waals surface area contributed by atoms with Gasteiger partial charge in [0, 0.05) is 42.5 Å². The number of nitrogens with one attached hydrogen (secondary N) is 1. The van der Waals surface area contributed by atoms with Gasteiger partial charge in [-0.15, -0.1) is 0 Å². The Balaban J connectivity index is 1.61. The topological polar surface area (TPSA) is 120 Å². The molecule has 37 heavy (non-hydrogen) atoms. The zero-order valence-corrected chi connectivity index (χ0v) is 21.8. The summed E-state index contributed by atoms with van der Waals surface area (Å²) < 4.78 is 37.9. The Hall–Kier alpha value is -4.05. The van der Waals surface area contributed by atoms with Crippen molar-refractivity contribution in [1.82, 2.24) is 9.97 Å². The molecule has 10 heteroatoms. The number of sulfonamides is 1. The number of hydrogen-bond donors (Lipinski definition) is 2. The van der Waals surface area contributed by atoms with Crippen molar-refractivity contribution in [3.63, 3.8) is 0 Å². The Morgan fingerprint density at radius 1 is 1.16 bits per heavy atom. The molecule has 0 radical (unpaired) electrons. The third kappa shape index (κ3) is 4.84. The molecule has 0 bridgehead atoms. The van der Waals surface area contributed by atoms with Crippen molar-refractivity contribution in [2.45, 2.75) is 19.9 Å². The molecular formula is C27H29N5O4S. The molecule has 3 heterocycles. The molecule has 0 fully saturated rings. The molecule has 0 saturated carbocycles. The molecule has 192 valence electrons. The summed E-state index contributed by atoms with van der Waals surface area (Å²) in [5.74, 6) is 1.87. The van der Waals surface area contributed by atoms with Gasteiger partial charge in [0.1, 0.15) is 5.82 Å². The second-order valence-corrected chi connectivity index (χ2v) is 10.6. The lowest BCUT2D eigenvalue weighted by Crippen LogP contribution is -2.31. The van der Waals surface area contributed by atoms with E-state index < -0.39 is 10.0 Å². The van der Waals surface area contributed by atoms with E-state index in [1.54, 1.807) is 19.4 Å². The lowest BCUT2D eigenvalue weighted by molar-refractivity contribution is 0.313. The molecule has 0 amide bonds. The highest BCUT2D eigenvalue weighted by atomic mass is 32.2. The molecule has 0 saturated heterocycles. The van der Waals surface area contributed by atoms with Crippen LogP contribution < -0.4 is 24.8 Å². The molecule has 0 aliphatic carbocycles. The molecular weight excluding hydrogens is 490 g/mol. The van der Waals surface area contributed by atoms with Crippen molar-refractivity contribution < 1.29 is 17.9 Å². The fourth-order valence-corrected chi connectivity index (χ4v) is 5.42. The van der Waals surface area contributed by atoms with E-state index in [1.165, 1.54) is 0 Å². The minimum absolute atomic E-state index is 0.455. The van der Waals surface area contributed by atoms with E-state index in [1.807, 2.05) is 49.4 Å². The highest BCUT2D eigenvalue weighted by molar-refractivity contribution is 7.92. The quantitative estimate of drug-likeness (QED) is 0.372. The first kappa shape index (κ1) is 24.6. The van der Waals surface area contributed by atoms with Gasteiger partial charge in [-0.2, -0.15) is 0 Å². The summed E-state index contributed by atoms with van der Waals surface area (Å²) in [6.07, 6.45) is 3.56. The van der Waals surface area contributed by atoms with Crippen molar-refractivity contribution in [1.29, 1.82) is 0 Å². The summed E-state index contributed by atoms with van der Waals surface area (Å²) in [6, 6.07) is 15.1. The van der Waals surface area contributed by atoms with E-state index in [9.17, 15) is 8.42 Å². The largest absolute Gasteiger partial charge is 0.493 e. The normalized spacial score (nSPS) is 13.3. The van der Waals surface area contributed by atoms with Crippen LogP contribution in [0.2, 0.25) is 0 Å². The molecule has 2 aromatic carbocycles. The van der Waals surface area contributed by atoms with Crippen molar-refractivity contribution in [3.8, 4) is 22.8 Å². The number of fused-ring (bicyclic) bond motifs is 2. The fourth-order valence-electron chi connectivity index (χ4n) is 4.83. The number of pyridine rings is 2. The van der Waals surface area contributed by atoms with E-state index >= 15 is 0 Å². The predicted octanol–water partition coefficient (Wildman–Crippen LogP) is 4.22. The first-order valence-corrected chi connectivity index (χ1v) is 13.9. The summed E-state index contributed by atoms with van der Waals surface area (Å²) >= 11 is 0. The number of ether oxygens (including phenoxy) is 2. The predicted molar refractivity (Wildman–Crippen MR) is 147 cm³/mol. The summed E-state index contributed by atoms with van der Waals surface area (Å²) in [5.41, 5.74) is 12.0. The Morgan fingerprint density at radius 3 is 2.70 bits per heavy atom. The molecule has 0 unspecified atom stereocenters. The first-order valence-electron chi connectivity index (χ1n) is 12.0. The van der Waals surface area contributed by atoms with Gasteiger partial charge >= 0.3 is 0 Å². The molecule has 0 spiro atoms. The van der Waals surface area contributed by atoms with E-state index in [0.29, 0.717) is 60.2 Å². The number of rotatable bonds is 7. The fraction of sp³-hybridized carbons (Fsp3) is 0.259. The van der Waals surface area contributed by atoms with Crippen LogP contribution in [0.1, 0.15) is 18.1 Å². The molecule has 1 aliphatic rings. The summed E-state index contributed by atoms with van der Waals surface area (Å²) in [4.78, 5) is 11.7. The van der Waals surface area contributed by atoms with Crippen LogP contribution in [0.5, 0.6) is 11.5 Å². The van der Waals surface area contributed by atoms with Gasteiger partial charge in [-0.25, -0.2) is 13.4 Å². The Kier molecular flexibility index (Phi) is 6.51. The number of nitrogen functional groups attached to an aromatic ring is 1. The highest BCUT2D eigenvalue weighted by Crippen LogP contribution is 2.45. The number of anilines is 3.